The van der Waals surface area contributed by atoms with Crippen LogP contribution in [0.1, 0.15) is 47.1 Å². The number of nitrogens with zero attached hydrogens (tertiary/aromatic N) is 2. The highest BCUT2D eigenvalue weighted by atomic mass is 32.1. The molecule has 5 rings (SSSR count). The van der Waals surface area contributed by atoms with Crippen LogP contribution in [0.5, 0.6) is 0 Å². The summed E-state index contributed by atoms with van der Waals surface area (Å²) in [7, 11) is -1.59. The van der Waals surface area contributed by atoms with Gasteiger partial charge in [0.1, 0.15) is 6.33 Å². The number of hydrogen-bond donors (Lipinski definition) is 0. The summed E-state index contributed by atoms with van der Waals surface area (Å²) < 4.78 is 2.51. The molecule has 0 aliphatic heterocycles. The molecule has 35 heavy (non-hydrogen) atoms. The first-order chi connectivity index (χ1) is 16.8. The SMILES string of the molecule is CC[Si](CC)(CC)c1cc(-c2ncnc3c2sc2cc(CC(C)(C)C)ccc23)cc2ccccc12. The van der Waals surface area contributed by atoms with Gasteiger partial charge < -0.3 is 0 Å². The monoisotopic (exact) mass is 496 g/mol. The first-order valence-electron chi connectivity index (χ1n) is 13.0. The van der Waals surface area contributed by atoms with Gasteiger partial charge in [-0.3, -0.25) is 0 Å². The molecule has 2 nitrogen and oxygen atoms in total. The lowest BCUT2D eigenvalue weighted by atomic mass is 9.88. The second-order valence-electron chi connectivity index (χ2n) is 11.2. The van der Waals surface area contributed by atoms with Crippen molar-refractivity contribution in [2.45, 2.75) is 66.1 Å². The highest BCUT2D eigenvalue weighted by molar-refractivity contribution is 7.26. The van der Waals surface area contributed by atoms with E-state index in [1.165, 1.54) is 54.8 Å². The van der Waals surface area contributed by atoms with Gasteiger partial charge in [-0.15, -0.1) is 11.3 Å². The Morgan fingerprint density at radius 2 is 1.57 bits per heavy atom. The minimum Gasteiger partial charge on any atom is -0.235 e. The van der Waals surface area contributed by atoms with Crippen molar-refractivity contribution in [3.05, 3.63) is 66.5 Å². The molecule has 0 fully saturated rings. The summed E-state index contributed by atoms with van der Waals surface area (Å²) in [5.74, 6) is 0. The molecule has 0 spiro atoms. The Kier molecular flexibility index (Phi) is 6.31. The van der Waals surface area contributed by atoms with Crippen molar-refractivity contribution in [2.24, 2.45) is 5.41 Å². The molecule has 3 aromatic carbocycles. The minimum atomic E-state index is -1.59. The summed E-state index contributed by atoms with van der Waals surface area (Å²) in [5.41, 5.74) is 5.05. The van der Waals surface area contributed by atoms with Gasteiger partial charge in [0.15, 0.2) is 0 Å². The summed E-state index contributed by atoms with van der Waals surface area (Å²) in [6, 6.07) is 24.5. The predicted molar refractivity (Wildman–Crippen MR) is 158 cm³/mol. The third kappa shape index (κ3) is 4.32. The van der Waals surface area contributed by atoms with E-state index in [9.17, 15) is 0 Å². The zero-order valence-corrected chi connectivity index (χ0v) is 23.7. The molecular weight excluding hydrogens is 461 g/mol. The third-order valence-electron chi connectivity index (χ3n) is 7.79. The van der Waals surface area contributed by atoms with E-state index in [2.05, 4.69) is 96.1 Å². The lowest BCUT2D eigenvalue weighted by molar-refractivity contribution is 0.411. The zero-order valence-electron chi connectivity index (χ0n) is 21.9. The van der Waals surface area contributed by atoms with Gasteiger partial charge in [-0.2, -0.15) is 0 Å². The molecule has 0 atom stereocenters. The maximum absolute atomic E-state index is 4.88. The highest BCUT2D eigenvalue weighted by Crippen LogP contribution is 2.39. The van der Waals surface area contributed by atoms with Gasteiger partial charge >= 0.3 is 0 Å². The van der Waals surface area contributed by atoms with E-state index in [0.29, 0.717) is 0 Å². The molecule has 0 aliphatic rings. The van der Waals surface area contributed by atoms with Crippen LogP contribution in [0.15, 0.2) is 60.9 Å². The summed E-state index contributed by atoms with van der Waals surface area (Å²) in [6.45, 7) is 14.1. The Morgan fingerprint density at radius 1 is 0.829 bits per heavy atom. The molecule has 0 unspecified atom stereocenters. The van der Waals surface area contributed by atoms with Crippen molar-refractivity contribution in [3.8, 4) is 11.3 Å². The Labute approximate surface area is 214 Å². The van der Waals surface area contributed by atoms with Crippen LogP contribution in [-0.2, 0) is 6.42 Å². The fourth-order valence-electron chi connectivity index (χ4n) is 5.75. The fraction of sp³-hybridized carbons (Fsp3) is 0.355. The first kappa shape index (κ1) is 24.1. The summed E-state index contributed by atoms with van der Waals surface area (Å²) in [6.07, 6.45) is 2.83. The van der Waals surface area contributed by atoms with Crippen molar-refractivity contribution >= 4 is 55.7 Å². The van der Waals surface area contributed by atoms with E-state index in [0.717, 1.165) is 17.6 Å². The van der Waals surface area contributed by atoms with Gasteiger partial charge in [-0.1, -0.05) is 107 Å². The van der Waals surface area contributed by atoms with Gasteiger partial charge in [0.2, 0.25) is 0 Å². The average Bonchev–Trinajstić information content (AvgIpc) is 3.22. The average molecular weight is 497 g/mol. The molecule has 2 heterocycles. The molecular formula is C31H36N2SSi. The zero-order chi connectivity index (χ0) is 24.8. The van der Waals surface area contributed by atoms with Gasteiger partial charge in [0.25, 0.3) is 0 Å². The van der Waals surface area contributed by atoms with E-state index < -0.39 is 8.07 Å². The van der Waals surface area contributed by atoms with Crippen molar-refractivity contribution in [2.75, 3.05) is 0 Å². The summed E-state index contributed by atoms with van der Waals surface area (Å²) in [5, 5.41) is 5.60. The van der Waals surface area contributed by atoms with Gasteiger partial charge in [-0.25, -0.2) is 9.97 Å². The molecule has 0 aliphatic carbocycles. The van der Waals surface area contributed by atoms with E-state index >= 15 is 0 Å². The molecule has 0 radical (unpaired) electrons. The van der Waals surface area contributed by atoms with Crippen LogP contribution in [0.2, 0.25) is 18.1 Å². The fourth-order valence-corrected chi connectivity index (χ4v) is 10.9. The quantitative estimate of drug-likeness (QED) is 0.219. The van der Waals surface area contributed by atoms with Crippen molar-refractivity contribution in [3.63, 3.8) is 0 Å². The molecule has 180 valence electrons. The molecule has 0 saturated carbocycles. The van der Waals surface area contributed by atoms with E-state index in [-0.39, 0.29) is 5.41 Å². The smallest absolute Gasteiger partial charge is 0.116 e. The van der Waals surface area contributed by atoms with Crippen LogP contribution < -0.4 is 5.19 Å². The van der Waals surface area contributed by atoms with E-state index in [1.54, 1.807) is 11.5 Å². The van der Waals surface area contributed by atoms with Crippen LogP contribution in [0.4, 0.5) is 0 Å². The summed E-state index contributed by atoms with van der Waals surface area (Å²) >= 11 is 1.85. The highest BCUT2D eigenvalue weighted by Gasteiger charge is 2.31. The van der Waals surface area contributed by atoms with Crippen molar-refractivity contribution in [1.82, 2.24) is 9.97 Å². The lowest BCUT2D eigenvalue weighted by Gasteiger charge is -2.30. The van der Waals surface area contributed by atoms with Crippen LogP contribution in [0, 0.1) is 5.41 Å². The van der Waals surface area contributed by atoms with Gasteiger partial charge in [0.05, 0.1) is 24.0 Å². The van der Waals surface area contributed by atoms with Crippen molar-refractivity contribution in [1.29, 1.82) is 0 Å². The van der Waals surface area contributed by atoms with Crippen LogP contribution in [0.3, 0.4) is 0 Å². The van der Waals surface area contributed by atoms with Crippen LogP contribution in [0.25, 0.3) is 42.3 Å². The number of rotatable bonds is 6. The Morgan fingerprint density at radius 3 is 2.29 bits per heavy atom. The number of aromatic nitrogens is 2. The van der Waals surface area contributed by atoms with Crippen LogP contribution >= 0.6 is 11.3 Å². The first-order valence-corrected chi connectivity index (χ1v) is 16.4. The predicted octanol–water partition coefficient (Wildman–Crippen LogP) is 8.97. The van der Waals surface area contributed by atoms with Gasteiger partial charge in [-0.05, 0) is 40.3 Å². The number of hydrogen-bond acceptors (Lipinski definition) is 3. The standard InChI is InChI=1S/C31H36N2SSi/c1-7-35(8-2,9-3)27-18-23(17-22-12-10-11-13-24(22)27)28-30-29(33-20-32-28)25-15-14-21(16-26(25)34-30)19-31(4,5)6/h10-18,20H,7-9,19H2,1-6H3. The second-order valence-corrected chi connectivity index (χ2v) is 17.4. The molecule has 0 amide bonds. The molecule has 0 N–H and O–H groups in total. The third-order valence-corrected chi connectivity index (χ3v) is 14.6. The Hall–Kier alpha value is -2.56. The lowest BCUT2D eigenvalue weighted by Crippen LogP contribution is -2.46. The number of benzene rings is 3. The molecule has 0 bridgehead atoms. The second kappa shape index (κ2) is 9.14. The normalized spacial score (nSPS) is 12.7. The molecule has 2 aromatic heterocycles. The van der Waals surface area contributed by atoms with Crippen LogP contribution in [-0.4, -0.2) is 18.0 Å². The molecule has 4 heteroatoms. The number of thiophene rings is 1. The topological polar surface area (TPSA) is 25.8 Å². The van der Waals surface area contributed by atoms with Gasteiger partial charge in [0, 0.05) is 15.6 Å². The maximum Gasteiger partial charge on any atom is 0.116 e. The number of fused-ring (bicyclic) bond motifs is 4. The molecule has 0 saturated heterocycles. The molecule has 5 aromatic rings. The minimum absolute atomic E-state index is 0.269. The Balaban J connectivity index is 1.75. The maximum atomic E-state index is 4.88. The largest absolute Gasteiger partial charge is 0.235 e. The summed E-state index contributed by atoms with van der Waals surface area (Å²) in [4.78, 5) is 9.63. The van der Waals surface area contributed by atoms with E-state index in [1.807, 2.05) is 11.3 Å². The van der Waals surface area contributed by atoms with E-state index in [4.69, 9.17) is 9.97 Å². The Bertz CT molecular complexity index is 1510. The van der Waals surface area contributed by atoms with Crippen molar-refractivity contribution < 1.29 is 0 Å².